The number of alkyl halides is 6. The molecule has 0 heterocycles. The number of halogens is 6. The van der Waals surface area contributed by atoms with Gasteiger partial charge in [0.25, 0.3) is 0 Å². The monoisotopic (exact) mass is 1120 g/mol. The van der Waals surface area contributed by atoms with E-state index in [1.807, 2.05) is 0 Å². The fraction of sp³-hybridized carbons (Fsp3) is 0.0938. The summed E-state index contributed by atoms with van der Waals surface area (Å²) >= 11 is 0. The molecule has 9 aromatic rings. The van der Waals surface area contributed by atoms with E-state index in [9.17, 15) is 9.59 Å². The van der Waals surface area contributed by atoms with Gasteiger partial charge in [0.1, 0.15) is 0 Å². The maximum absolute atomic E-state index is 15.8. The Kier molecular flexibility index (Phi) is 16.0. The fourth-order valence-electron chi connectivity index (χ4n) is 10.4. The molecule has 9 aromatic carbocycles. The van der Waals surface area contributed by atoms with Crippen molar-refractivity contribution in [2.75, 3.05) is 12.3 Å². The standard InChI is InChI=1S/C64H51BF6O7P2/c1-46(72)48-33-37-50(38-34-48)61(74)44-79(55-21-9-3-10-22-55,56-23-11-4-12-24-56,57-25-13-5-14-26-57)77-65(76-54-42-52(63(66,67)68)41-53(43-54)64(69,70)71)78-80(58-27-15-6-16-28-58,59-29-17-7-18-30-59,60-31-19-8-20-32-60)45-62(75)51-39-35-49(36-40-51)47(2)73/h3-43H,44-45H2,1-2H3. The quantitative estimate of drug-likeness (QED) is 0.0325. The summed E-state index contributed by atoms with van der Waals surface area (Å²) in [7, 11) is -2.46. The minimum atomic E-state index is -5.40. The molecule has 0 N–H and O–H groups in total. The van der Waals surface area contributed by atoms with E-state index in [0.717, 1.165) is 0 Å². The van der Waals surface area contributed by atoms with Crippen LogP contribution in [0.3, 0.4) is 0 Å². The van der Waals surface area contributed by atoms with E-state index in [2.05, 4.69) is 0 Å². The van der Waals surface area contributed by atoms with Crippen LogP contribution in [0, 0.1) is 0 Å². The summed E-state index contributed by atoms with van der Waals surface area (Å²) in [5, 5.41) is 2.18. The molecule has 0 aromatic heterocycles. The number of hydrogen-bond acceptors (Lipinski definition) is 7. The molecular weight excluding hydrogens is 1070 g/mol. The van der Waals surface area contributed by atoms with E-state index in [1.165, 1.54) is 62.4 Å². The maximum atomic E-state index is 15.8. The van der Waals surface area contributed by atoms with Crippen molar-refractivity contribution in [1.82, 2.24) is 0 Å². The van der Waals surface area contributed by atoms with E-state index in [4.69, 9.17) is 13.5 Å². The molecule has 404 valence electrons. The van der Waals surface area contributed by atoms with Gasteiger partial charge in [0.15, 0.2) is 0 Å². The zero-order valence-corrected chi connectivity index (χ0v) is 45.0. The van der Waals surface area contributed by atoms with E-state index >= 15 is 35.9 Å². The fourth-order valence-corrected chi connectivity index (χ4v) is 21.4. The number of ketones is 4. The molecule has 0 saturated carbocycles. The van der Waals surface area contributed by atoms with Crippen LogP contribution in [0.2, 0.25) is 0 Å². The predicted octanol–water partition coefficient (Wildman–Crippen LogP) is 13.2. The van der Waals surface area contributed by atoms with E-state index in [-0.39, 0.29) is 28.8 Å². The Morgan fingerprint density at radius 2 is 0.600 bits per heavy atom. The summed E-state index contributed by atoms with van der Waals surface area (Å²) < 4.78 is 113. The van der Waals surface area contributed by atoms with Crippen molar-refractivity contribution in [2.45, 2.75) is 26.2 Å². The van der Waals surface area contributed by atoms with Crippen molar-refractivity contribution in [2.24, 2.45) is 0 Å². The van der Waals surface area contributed by atoms with Gasteiger partial charge in [-0.25, -0.2) is 0 Å². The van der Waals surface area contributed by atoms with Crippen molar-refractivity contribution in [3.63, 3.8) is 0 Å². The van der Waals surface area contributed by atoms with Gasteiger partial charge in [0, 0.05) is 0 Å². The molecule has 0 amide bonds. The second kappa shape index (κ2) is 22.6. The van der Waals surface area contributed by atoms with Crippen LogP contribution < -0.4 is 36.5 Å². The summed E-state index contributed by atoms with van der Waals surface area (Å²) in [4.78, 5) is 56.6. The van der Waals surface area contributed by atoms with Crippen LogP contribution in [0.1, 0.15) is 66.4 Å². The van der Waals surface area contributed by atoms with Gasteiger partial charge < -0.3 is 0 Å². The molecule has 7 nitrogen and oxygen atoms in total. The first kappa shape index (κ1) is 56.6. The molecule has 9 rings (SSSR count). The number of carbonyl (C=O) groups is 4. The van der Waals surface area contributed by atoms with Crippen LogP contribution in [0.25, 0.3) is 0 Å². The van der Waals surface area contributed by atoms with Crippen molar-refractivity contribution in [1.29, 1.82) is 0 Å². The number of rotatable bonds is 20. The Labute approximate surface area is 459 Å². The van der Waals surface area contributed by atoms with E-state index in [0.29, 0.717) is 55.1 Å². The molecule has 0 fully saturated rings. The van der Waals surface area contributed by atoms with Gasteiger partial charge in [-0.05, 0) is 0 Å². The van der Waals surface area contributed by atoms with Crippen LogP contribution in [0.5, 0.6) is 5.75 Å². The first-order chi connectivity index (χ1) is 38.3. The molecule has 0 unspecified atom stereocenters. The first-order valence-electron chi connectivity index (χ1n) is 25.2. The first-order valence-corrected chi connectivity index (χ1v) is 29.9. The zero-order chi connectivity index (χ0) is 56.8. The average Bonchev–Trinajstić information content (AvgIpc) is 3.48. The molecule has 0 bridgehead atoms. The van der Waals surface area contributed by atoms with Crippen molar-refractivity contribution < 1.29 is 59.1 Å². The number of Topliss-reactive ketones (excluding diaryl/α,β-unsaturated/α-hetero) is 4. The minimum absolute atomic E-state index is 0.0223. The second-order valence-corrected chi connectivity index (χ2v) is 28.2. The number of carbonyl (C=O) groups excluding carboxylic acids is 4. The zero-order valence-electron chi connectivity index (χ0n) is 43.2. The third kappa shape index (κ3) is 10.7. The summed E-state index contributed by atoms with van der Waals surface area (Å²) in [6.45, 7) is -8.04. The SMILES string of the molecule is CC(=O)c1ccc(C(=O)CP(OB(Oc2cc(C(F)(F)F)cc(C(F)(F)F)c2)OP(CC(=O)c2ccc(C(C)=O)cc2)(c2ccccc2)(c2ccccc2)c2ccccc2)(c2ccccc2)(c2ccccc2)c2ccccc2)cc1. The summed E-state index contributed by atoms with van der Waals surface area (Å²) in [6.07, 6.45) is -11.8. The van der Waals surface area contributed by atoms with E-state index < -0.39 is 74.1 Å². The second-order valence-electron chi connectivity index (χ2n) is 19.2. The number of hydrogen-bond donors (Lipinski definition) is 0. The van der Waals surface area contributed by atoms with Gasteiger partial charge in [-0.2, -0.15) is 0 Å². The van der Waals surface area contributed by atoms with Crippen LogP contribution in [-0.4, -0.2) is 42.8 Å². The molecular formula is C64H51BF6O7P2. The van der Waals surface area contributed by atoms with Gasteiger partial charge in [-0.1, -0.05) is 0 Å². The normalized spacial score (nSPS) is 12.9. The predicted molar refractivity (Wildman–Crippen MR) is 307 cm³/mol. The Morgan fingerprint density at radius 3 is 0.825 bits per heavy atom. The Balaban J connectivity index is 1.46. The van der Waals surface area contributed by atoms with E-state index in [1.54, 1.807) is 182 Å². The Bertz CT molecular complexity index is 3230. The van der Waals surface area contributed by atoms with Crippen molar-refractivity contribution in [3.05, 3.63) is 282 Å². The van der Waals surface area contributed by atoms with Gasteiger partial charge in [0.2, 0.25) is 0 Å². The molecule has 0 saturated heterocycles. The number of benzene rings is 9. The van der Waals surface area contributed by atoms with Crippen molar-refractivity contribution >= 4 is 75.9 Å². The molecule has 0 aliphatic carbocycles. The van der Waals surface area contributed by atoms with Gasteiger partial charge in [0.05, 0.1) is 0 Å². The average molecular weight is 1120 g/mol. The molecule has 0 radical (unpaired) electrons. The van der Waals surface area contributed by atoms with Gasteiger partial charge >= 0.3 is 461 Å². The molecule has 0 atom stereocenters. The summed E-state index contributed by atoms with van der Waals surface area (Å²) in [5.74, 6) is -2.57. The van der Waals surface area contributed by atoms with Crippen LogP contribution >= 0.6 is 13.7 Å². The van der Waals surface area contributed by atoms with Crippen LogP contribution in [-0.2, 0) is 21.2 Å². The van der Waals surface area contributed by atoms with Gasteiger partial charge in [-0.3, -0.25) is 0 Å². The van der Waals surface area contributed by atoms with Crippen molar-refractivity contribution in [3.8, 4) is 5.75 Å². The summed E-state index contributed by atoms with van der Waals surface area (Å²) in [5.41, 5.74) is -2.48. The molecule has 16 heteroatoms. The molecule has 0 aliphatic rings. The molecule has 0 spiro atoms. The summed E-state index contributed by atoms with van der Waals surface area (Å²) in [6, 6.07) is 64.6. The Hall–Kier alpha value is -8.12. The molecule has 80 heavy (non-hydrogen) atoms. The molecule has 0 aliphatic heterocycles. The van der Waals surface area contributed by atoms with Crippen LogP contribution in [0.4, 0.5) is 26.3 Å². The third-order valence-electron chi connectivity index (χ3n) is 14.4. The Morgan fingerprint density at radius 1 is 0.362 bits per heavy atom. The van der Waals surface area contributed by atoms with Gasteiger partial charge in [-0.15, -0.1) is 0 Å². The van der Waals surface area contributed by atoms with Crippen LogP contribution in [0.15, 0.2) is 249 Å². The third-order valence-corrected chi connectivity index (χ3v) is 25.8. The topological polar surface area (TPSA) is 96.0 Å².